The van der Waals surface area contributed by atoms with Gasteiger partial charge >= 0.3 is 5.97 Å². The lowest BCUT2D eigenvalue weighted by molar-refractivity contribution is -0.145. The minimum Gasteiger partial charge on any atom is -0.467 e. The molecule has 7 heteroatoms. The van der Waals surface area contributed by atoms with Crippen molar-refractivity contribution in [3.8, 4) is 28.4 Å². The van der Waals surface area contributed by atoms with Gasteiger partial charge in [-0.2, -0.15) is 0 Å². The third-order valence-electron chi connectivity index (χ3n) is 6.98. The van der Waals surface area contributed by atoms with Gasteiger partial charge in [-0.25, -0.2) is 4.79 Å². The standard InChI is InChI=1S/C29H32N2O5/c1-3-4-9-24(29(33)34-2)30-27(32)15-13-21-16-20-11-10-19-7-5-6-8-23(19)28(20)31(21)22-12-14-25-26(17-22)36-18-35-25/h5-8,12,14,16-17,24H,3-4,9-11,13,15,18H2,1-2H3,(H,30,32). The molecule has 2 heterocycles. The Labute approximate surface area is 211 Å². The largest absolute Gasteiger partial charge is 0.467 e. The van der Waals surface area contributed by atoms with Gasteiger partial charge in [0, 0.05) is 29.4 Å². The maximum absolute atomic E-state index is 12.9. The van der Waals surface area contributed by atoms with Crippen molar-refractivity contribution in [1.82, 2.24) is 9.88 Å². The molecule has 7 nitrogen and oxygen atoms in total. The summed E-state index contributed by atoms with van der Waals surface area (Å²) in [5.74, 6) is 0.910. The highest BCUT2D eigenvalue weighted by Crippen LogP contribution is 2.40. The Morgan fingerprint density at radius 2 is 1.86 bits per heavy atom. The molecule has 0 saturated carbocycles. The molecule has 1 amide bonds. The van der Waals surface area contributed by atoms with E-state index in [1.165, 1.54) is 29.5 Å². The topological polar surface area (TPSA) is 78.8 Å². The van der Waals surface area contributed by atoms with Gasteiger partial charge in [0.2, 0.25) is 12.7 Å². The van der Waals surface area contributed by atoms with Crippen molar-refractivity contribution in [2.45, 2.75) is 57.9 Å². The average Bonchev–Trinajstić information content (AvgIpc) is 3.53. The highest BCUT2D eigenvalue weighted by Gasteiger charge is 2.26. The molecule has 2 aromatic carbocycles. The highest BCUT2D eigenvalue weighted by molar-refractivity contribution is 5.84. The van der Waals surface area contributed by atoms with Crippen LogP contribution in [0.25, 0.3) is 16.9 Å². The van der Waals surface area contributed by atoms with Crippen LogP contribution >= 0.6 is 0 Å². The molecule has 0 fully saturated rings. The maximum Gasteiger partial charge on any atom is 0.328 e. The summed E-state index contributed by atoms with van der Waals surface area (Å²) in [7, 11) is 1.36. The minimum atomic E-state index is -0.608. The fourth-order valence-electron chi connectivity index (χ4n) is 5.15. The van der Waals surface area contributed by atoms with E-state index in [0.29, 0.717) is 12.8 Å². The fourth-order valence-corrected chi connectivity index (χ4v) is 5.15. The lowest BCUT2D eigenvalue weighted by Gasteiger charge is -2.21. The summed E-state index contributed by atoms with van der Waals surface area (Å²) < 4.78 is 18.3. The van der Waals surface area contributed by atoms with Gasteiger partial charge in [0.05, 0.1) is 12.8 Å². The second-order valence-electron chi connectivity index (χ2n) is 9.33. The molecule has 2 aliphatic rings. The molecule has 1 aliphatic carbocycles. The summed E-state index contributed by atoms with van der Waals surface area (Å²) in [6.45, 7) is 2.28. The summed E-state index contributed by atoms with van der Waals surface area (Å²) in [5.41, 5.74) is 7.01. The first-order chi connectivity index (χ1) is 17.6. The lowest BCUT2D eigenvalue weighted by atomic mass is 9.90. The maximum atomic E-state index is 12.9. The minimum absolute atomic E-state index is 0.154. The molecule has 1 atom stereocenters. The molecule has 0 bridgehead atoms. The summed E-state index contributed by atoms with van der Waals surface area (Å²) in [6.07, 6.45) is 5.12. The van der Waals surface area contributed by atoms with Gasteiger partial charge in [0.1, 0.15) is 6.04 Å². The Balaban J connectivity index is 1.45. The van der Waals surface area contributed by atoms with E-state index in [9.17, 15) is 9.59 Å². The van der Waals surface area contributed by atoms with Gasteiger partial charge in [-0.05, 0) is 55.0 Å². The van der Waals surface area contributed by atoms with E-state index in [2.05, 4.69) is 47.1 Å². The van der Waals surface area contributed by atoms with E-state index >= 15 is 0 Å². The van der Waals surface area contributed by atoms with Crippen molar-refractivity contribution >= 4 is 11.9 Å². The van der Waals surface area contributed by atoms with Crippen molar-refractivity contribution in [1.29, 1.82) is 0 Å². The Morgan fingerprint density at radius 1 is 1.06 bits per heavy atom. The fraction of sp³-hybridized carbons (Fsp3) is 0.379. The average molecular weight is 489 g/mol. The van der Waals surface area contributed by atoms with Crippen molar-refractivity contribution in [2.75, 3.05) is 13.9 Å². The number of esters is 1. The number of amides is 1. The van der Waals surface area contributed by atoms with Crippen LogP contribution in [-0.2, 0) is 33.6 Å². The molecule has 5 rings (SSSR count). The number of ether oxygens (including phenoxy) is 3. The molecular weight excluding hydrogens is 456 g/mol. The molecular formula is C29H32N2O5. The van der Waals surface area contributed by atoms with Crippen molar-refractivity contribution in [3.63, 3.8) is 0 Å². The van der Waals surface area contributed by atoms with E-state index < -0.39 is 12.0 Å². The summed E-state index contributed by atoms with van der Waals surface area (Å²) in [4.78, 5) is 25.0. The van der Waals surface area contributed by atoms with Gasteiger partial charge in [-0.1, -0.05) is 44.0 Å². The molecule has 1 aromatic heterocycles. The number of aromatic nitrogens is 1. The van der Waals surface area contributed by atoms with Crippen LogP contribution in [0.1, 0.15) is 49.4 Å². The van der Waals surface area contributed by atoms with Crippen LogP contribution in [0, 0.1) is 0 Å². The third kappa shape index (κ3) is 4.70. The molecule has 0 spiro atoms. The van der Waals surface area contributed by atoms with Crippen molar-refractivity contribution in [3.05, 3.63) is 65.4 Å². The number of benzene rings is 2. The first kappa shape index (κ1) is 24.0. The van der Waals surface area contributed by atoms with Crippen LogP contribution < -0.4 is 14.8 Å². The van der Waals surface area contributed by atoms with Gasteiger partial charge in [-0.15, -0.1) is 0 Å². The Kier molecular flexibility index (Phi) is 6.98. The summed E-state index contributed by atoms with van der Waals surface area (Å²) >= 11 is 0. The van der Waals surface area contributed by atoms with E-state index in [-0.39, 0.29) is 19.1 Å². The predicted octanol–water partition coefficient (Wildman–Crippen LogP) is 4.75. The number of rotatable bonds is 9. The van der Waals surface area contributed by atoms with Crippen molar-refractivity contribution in [2.24, 2.45) is 0 Å². The number of unbranched alkanes of at least 4 members (excludes halogenated alkanes) is 1. The van der Waals surface area contributed by atoms with Gasteiger partial charge in [0.25, 0.3) is 0 Å². The zero-order valence-electron chi connectivity index (χ0n) is 20.8. The number of nitrogens with zero attached hydrogens (tertiary/aromatic N) is 1. The Bertz CT molecular complexity index is 1280. The van der Waals surface area contributed by atoms with E-state index in [4.69, 9.17) is 14.2 Å². The zero-order valence-corrected chi connectivity index (χ0v) is 20.8. The highest BCUT2D eigenvalue weighted by atomic mass is 16.7. The van der Waals surface area contributed by atoms with E-state index in [0.717, 1.165) is 48.6 Å². The number of aryl methyl sites for hydroxylation is 3. The lowest BCUT2D eigenvalue weighted by Crippen LogP contribution is -2.41. The van der Waals surface area contributed by atoms with Gasteiger partial charge in [-0.3, -0.25) is 4.79 Å². The van der Waals surface area contributed by atoms with Crippen LogP contribution in [0.15, 0.2) is 48.5 Å². The summed E-state index contributed by atoms with van der Waals surface area (Å²) in [5, 5.41) is 2.88. The molecule has 3 aromatic rings. The summed E-state index contributed by atoms with van der Waals surface area (Å²) in [6, 6.07) is 16.1. The normalized spacial score (nSPS) is 14.1. The van der Waals surface area contributed by atoms with Crippen LogP contribution in [0.5, 0.6) is 11.5 Å². The molecule has 0 saturated heterocycles. The quantitative estimate of drug-likeness (QED) is 0.440. The Hall–Kier alpha value is -3.74. The second-order valence-corrected chi connectivity index (χ2v) is 9.33. The van der Waals surface area contributed by atoms with Crippen LogP contribution in [-0.4, -0.2) is 36.4 Å². The molecule has 0 radical (unpaired) electrons. The first-order valence-corrected chi connectivity index (χ1v) is 12.7. The van der Waals surface area contributed by atoms with Crippen LogP contribution in [0.2, 0.25) is 0 Å². The molecule has 1 N–H and O–H groups in total. The molecule has 36 heavy (non-hydrogen) atoms. The SMILES string of the molecule is CCCCC(NC(=O)CCc1cc2c(n1-c1ccc3c(c1)OCO3)-c1ccccc1CC2)C(=O)OC. The monoisotopic (exact) mass is 488 g/mol. The van der Waals surface area contributed by atoms with E-state index in [1.807, 2.05) is 18.2 Å². The van der Waals surface area contributed by atoms with Gasteiger partial charge in [0.15, 0.2) is 11.5 Å². The number of carbonyl (C=O) groups is 2. The smallest absolute Gasteiger partial charge is 0.328 e. The van der Waals surface area contributed by atoms with Gasteiger partial charge < -0.3 is 24.1 Å². The predicted molar refractivity (Wildman–Crippen MR) is 137 cm³/mol. The number of carbonyl (C=O) groups excluding carboxylic acids is 2. The number of nitrogens with one attached hydrogen (secondary N) is 1. The van der Waals surface area contributed by atoms with Crippen LogP contribution in [0.3, 0.4) is 0 Å². The number of hydrogen-bond acceptors (Lipinski definition) is 5. The molecule has 1 unspecified atom stereocenters. The molecule has 1 aliphatic heterocycles. The number of hydrogen-bond donors (Lipinski definition) is 1. The number of fused-ring (bicyclic) bond motifs is 4. The van der Waals surface area contributed by atoms with E-state index in [1.54, 1.807) is 0 Å². The van der Waals surface area contributed by atoms with Crippen molar-refractivity contribution < 1.29 is 23.8 Å². The number of methoxy groups -OCH3 is 1. The second kappa shape index (κ2) is 10.5. The van der Waals surface area contributed by atoms with Crippen LogP contribution in [0.4, 0.5) is 0 Å². The first-order valence-electron chi connectivity index (χ1n) is 12.7. The Morgan fingerprint density at radius 3 is 2.69 bits per heavy atom. The third-order valence-corrected chi connectivity index (χ3v) is 6.98. The zero-order chi connectivity index (χ0) is 25.1. The molecule has 188 valence electrons.